The van der Waals surface area contributed by atoms with E-state index >= 15 is 0 Å². The van der Waals surface area contributed by atoms with Crippen molar-refractivity contribution in [3.8, 4) is 106 Å². The van der Waals surface area contributed by atoms with Gasteiger partial charge in [0, 0.05) is 61.5 Å². The second-order valence-electron chi connectivity index (χ2n) is 39.0. The van der Waals surface area contributed by atoms with Crippen molar-refractivity contribution in [2.45, 2.75) is 157 Å². The van der Waals surface area contributed by atoms with Gasteiger partial charge in [0.15, 0.2) is 0 Å². The van der Waals surface area contributed by atoms with Gasteiger partial charge in [0.25, 0.3) is 6.71 Å². The van der Waals surface area contributed by atoms with Gasteiger partial charge in [-0.05, 0) is 235 Å². The maximum absolute atomic E-state index is 2.81. The van der Waals surface area contributed by atoms with E-state index in [-0.39, 0.29) is 28.4 Å². The summed E-state index contributed by atoms with van der Waals surface area (Å²) in [6.07, 6.45) is 7.99. The summed E-state index contributed by atoms with van der Waals surface area (Å²) >= 11 is 0. The lowest BCUT2D eigenvalue weighted by atomic mass is 9.33. The maximum Gasteiger partial charge on any atom is 0.252 e. The first-order valence-electron chi connectivity index (χ1n) is 45.2. The second-order valence-corrected chi connectivity index (χ2v) is 39.0. The highest BCUT2D eigenvalue weighted by Crippen LogP contribution is 2.56. The first kappa shape index (κ1) is 80.7. The summed E-state index contributed by atoms with van der Waals surface area (Å²) in [6, 6.07) is 138. The molecule has 0 fully saturated rings. The fourth-order valence-corrected chi connectivity index (χ4v) is 19.4. The van der Waals surface area contributed by atoms with Crippen molar-refractivity contribution in [3.05, 3.63) is 386 Å². The molecule has 19 rings (SSSR count). The Hall–Kier alpha value is -13.0. The Morgan fingerprint density at radius 2 is 0.565 bits per heavy atom. The van der Waals surface area contributed by atoms with Gasteiger partial charge >= 0.3 is 0 Å². The lowest BCUT2D eigenvalue weighted by Crippen LogP contribution is -2.61. The van der Waals surface area contributed by atoms with Gasteiger partial charge < -0.3 is 14.4 Å². The van der Waals surface area contributed by atoms with E-state index in [1.54, 1.807) is 0 Å². The molecule has 0 saturated carbocycles. The van der Waals surface area contributed by atoms with Crippen LogP contribution in [0.5, 0.6) is 0 Å². The Morgan fingerprint density at radius 1 is 0.242 bits per heavy atom. The highest BCUT2D eigenvalue weighted by molar-refractivity contribution is 7.00. The standard InChI is InChI=1S/C120H112BN3/c1-14-15-16-17-18-24-35-80-70-112-114-113(71-80)124(116-102(92-58-50-88(51-59-92)83-40-29-21-30-41-83)77-98(120(11,12)13)78-103(116)93-60-52-89(53-61-93)84-42-31-22-32-43-84)111-79-99(122-108-68-63-95(117(2,3)4)73-104(108)105-74-96(118(5,6)7)64-69-109(105)122)65-66-106(111)121(114)107-72-94(85-44-33-23-34-45-85)62-67-110(107)123(112)115-100(90-54-46-86(47-55-90)81-36-25-19-26-37-81)75-97(119(8,9)10)76-101(115)91-56-48-87(49-57-91)82-38-27-20-28-39-82/h19-23,25-34,36-79H,14-18,24,35H2,1-13H3. The topological polar surface area (TPSA) is 11.4 Å². The van der Waals surface area contributed by atoms with Crippen LogP contribution >= 0.6 is 0 Å². The molecule has 3 nitrogen and oxygen atoms in total. The van der Waals surface area contributed by atoms with Crippen LogP contribution in [-0.2, 0) is 28.1 Å². The van der Waals surface area contributed by atoms with Gasteiger partial charge in [-0.2, -0.15) is 0 Å². The minimum absolute atomic E-state index is 0.0774. The summed E-state index contributed by atoms with van der Waals surface area (Å²) in [7, 11) is 0. The molecular formula is C120H112BN3. The molecule has 0 saturated heterocycles. The maximum atomic E-state index is 2.81. The number of hydrogen-bond acceptors (Lipinski definition) is 2. The summed E-state index contributed by atoms with van der Waals surface area (Å²) in [5.74, 6) is 0. The third-order valence-corrected chi connectivity index (χ3v) is 26.4. The zero-order valence-electron chi connectivity index (χ0n) is 74.4. The molecule has 610 valence electrons. The fourth-order valence-electron chi connectivity index (χ4n) is 19.4. The average Bonchev–Trinajstić information content (AvgIpc) is 0.713. The normalized spacial score (nSPS) is 12.7. The van der Waals surface area contributed by atoms with E-state index in [1.807, 2.05) is 0 Å². The zero-order valence-corrected chi connectivity index (χ0v) is 74.4. The molecule has 1 aromatic heterocycles. The van der Waals surface area contributed by atoms with Crippen molar-refractivity contribution < 1.29 is 0 Å². The number of rotatable bonds is 19. The Labute approximate surface area is 736 Å². The lowest BCUT2D eigenvalue weighted by Gasteiger charge is -2.46. The van der Waals surface area contributed by atoms with Crippen molar-refractivity contribution in [2.75, 3.05) is 9.80 Å². The van der Waals surface area contributed by atoms with E-state index in [4.69, 9.17) is 0 Å². The molecule has 0 spiro atoms. The van der Waals surface area contributed by atoms with Crippen LogP contribution in [0.3, 0.4) is 0 Å². The van der Waals surface area contributed by atoms with Gasteiger partial charge in [0.2, 0.25) is 0 Å². The third kappa shape index (κ3) is 15.4. The smallest absolute Gasteiger partial charge is 0.252 e. The van der Waals surface area contributed by atoms with Crippen LogP contribution in [0.1, 0.15) is 156 Å². The number of hydrogen-bond donors (Lipinski definition) is 0. The number of benzene rings is 16. The fraction of sp³-hybridized carbons (Fsp3) is 0.200. The number of unbranched alkanes of at least 4 members (excludes halogenated alkanes) is 5. The van der Waals surface area contributed by atoms with Gasteiger partial charge in [-0.3, -0.25) is 0 Å². The Morgan fingerprint density at radius 3 is 0.927 bits per heavy atom. The van der Waals surface area contributed by atoms with Crippen LogP contribution in [0.15, 0.2) is 358 Å². The quantitative estimate of drug-likeness (QED) is 0.0590. The van der Waals surface area contributed by atoms with Crippen molar-refractivity contribution in [1.29, 1.82) is 0 Å². The minimum atomic E-state index is -0.266. The number of nitrogens with zero attached hydrogens (tertiary/aromatic N) is 3. The van der Waals surface area contributed by atoms with Crippen molar-refractivity contribution in [3.63, 3.8) is 0 Å². The molecule has 2 aliphatic heterocycles. The number of anilines is 6. The Bertz CT molecular complexity index is 6510. The molecule has 0 radical (unpaired) electrons. The van der Waals surface area contributed by atoms with E-state index < -0.39 is 0 Å². The molecule has 0 aliphatic carbocycles. The predicted molar refractivity (Wildman–Crippen MR) is 536 cm³/mol. The van der Waals surface area contributed by atoms with Crippen LogP contribution in [0.4, 0.5) is 34.1 Å². The summed E-state index contributed by atoms with van der Waals surface area (Å²) < 4.78 is 2.60. The van der Waals surface area contributed by atoms with E-state index in [0.717, 1.165) is 70.0 Å². The molecule has 0 amide bonds. The van der Waals surface area contributed by atoms with Crippen molar-refractivity contribution in [1.82, 2.24) is 4.57 Å². The highest BCUT2D eigenvalue weighted by Gasteiger charge is 2.46. The summed E-state index contributed by atoms with van der Waals surface area (Å²) in [6.45, 7) is 30.5. The second kappa shape index (κ2) is 32.7. The molecule has 0 atom stereocenters. The molecule has 17 aromatic rings. The van der Waals surface area contributed by atoms with Gasteiger partial charge in [-0.25, -0.2) is 0 Å². The average molecular weight is 1610 g/mol. The molecule has 4 heteroatoms. The number of aromatic nitrogens is 1. The molecule has 2 aliphatic rings. The van der Waals surface area contributed by atoms with Crippen LogP contribution in [0.25, 0.3) is 128 Å². The van der Waals surface area contributed by atoms with E-state index in [1.165, 1.54) is 181 Å². The Kier molecular flexibility index (Phi) is 21.3. The molecule has 0 bridgehead atoms. The Balaban J connectivity index is 0.975. The lowest BCUT2D eigenvalue weighted by molar-refractivity contribution is 0.590. The highest BCUT2D eigenvalue weighted by atomic mass is 15.2. The first-order valence-corrected chi connectivity index (χ1v) is 45.2. The first-order chi connectivity index (χ1) is 60.0. The van der Waals surface area contributed by atoms with Crippen LogP contribution in [-0.4, -0.2) is 11.3 Å². The van der Waals surface area contributed by atoms with Crippen LogP contribution < -0.4 is 26.2 Å². The molecule has 0 unspecified atom stereocenters. The largest absolute Gasteiger partial charge is 0.310 e. The SMILES string of the molecule is CCCCCCCCc1cc2c3c(c1)N(c1c(-c4ccc(-c5ccccc5)cc4)cc(C(C)(C)C)cc1-c1ccc(-c4ccccc4)cc1)c1cc(-n4c5ccc(C(C)(C)C)cc5c5cc(C(C)(C)C)ccc54)ccc1B3c1cc(-c3ccccc3)ccc1N2c1c(-c2ccc(-c3ccccc3)cc2)cc(C(C)(C)C)cc1-c1ccc(-c2ccccc2)cc1. The zero-order chi connectivity index (χ0) is 85.3. The molecule has 124 heavy (non-hydrogen) atoms. The molecule has 0 N–H and O–H groups in total. The number of aryl methyl sites for hydroxylation is 1. The van der Waals surface area contributed by atoms with E-state index in [2.05, 4.69) is 462 Å². The van der Waals surface area contributed by atoms with Gasteiger partial charge in [0.1, 0.15) is 0 Å². The number of fused-ring (bicyclic) bond motifs is 7. The molecular weight excluding hydrogens is 1490 g/mol. The van der Waals surface area contributed by atoms with E-state index in [9.17, 15) is 0 Å². The van der Waals surface area contributed by atoms with Gasteiger partial charge in [-0.1, -0.05) is 401 Å². The van der Waals surface area contributed by atoms with Crippen molar-refractivity contribution in [2.24, 2.45) is 0 Å². The van der Waals surface area contributed by atoms with Gasteiger partial charge in [0.05, 0.1) is 22.4 Å². The molecule has 3 heterocycles. The van der Waals surface area contributed by atoms with Gasteiger partial charge in [-0.15, -0.1) is 0 Å². The monoisotopic (exact) mass is 1610 g/mol. The van der Waals surface area contributed by atoms with Crippen LogP contribution in [0.2, 0.25) is 0 Å². The summed E-state index contributed by atoms with van der Waals surface area (Å²) in [4.78, 5) is 5.59. The summed E-state index contributed by atoms with van der Waals surface area (Å²) in [5.41, 5.74) is 41.2. The minimum Gasteiger partial charge on any atom is -0.310 e. The predicted octanol–water partition coefficient (Wildman–Crippen LogP) is 32.0. The van der Waals surface area contributed by atoms with Crippen LogP contribution in [0, 0.1) is 0 Å². The third-order valence-electron chi connectivity index (χ3n) is 26.4. The molecule has 16 aromatic carbocycles. The van der Waals surface area contributed by atoms with Crippen molar-refractivity contribution >= 4 is 79.0 Å². The van der Waals surface area contributed by atoms with E-state index in [0.29, 0.717) is 0 Å². The summed E-state index contributed by atoms with van der Waals surface area (Å²) in [5, 5.41) is 2.53.